The van der Waals surface area contributed by atoms with Crippen LogP contribution in [-0.4, -0.2) is 24.9 Å². The predicted molar refractivity (Wildman–Crippen MR) is 61.7 cm³/mol. The number of carbonyl (C=O) groups is 2. The number of rotatable bonds is 4. The normalized spacial score (nSPS) is 9.82. The van der Waals surface area contributed by atoms with Crippen molar-refractivity contribution in [1.82, 2.24) is 0 Å². The quantitative estimate of drug-likeness (QED) is 0.666. The molecule has 0 atom stereocenters. The Balaban J connectivity index is 2.90. The molecule has 4 nitrogen and oxygen atoms in total. The predicted octanol–water partition coefficient (Wildman–Crippen LogP) is 2.18. The number of carbonyl (C=O) groups excluding carboxylic acids is 2. The van der Waals surface area contributed by atoms with Crippen molar-refractivity contribution >= 4 is 29.2 Å². The van der Waals surface area contributed by atoms with Gasteiger partial charge in [0.05, 0.1) is 18.4 Å². The maximum atomic E-state index is 13.3. The number of halogens is 2. The van der Waals surface area contributed by atoms with E-state index in [2.05, 4.69) is 10.1 Å². The largest absolute Gasteiger partial charge is 0.465 e. The Morgan fingerprint density at radius 1 is 1.47 bits per heavy atom. The van der Waals surface area contributed by atoms with Crippen molar-refractivity contribution in [3.8, 4) is 0 Å². The Kier molecular flexibility index (Phi) is 4.90. The van der Waals surface area contributed by atoms with Crippen LogP contribution >= 0.6 is 11.6 Å². The molecule has 0 radical (unpaired) electrons. The highest BCUT2D eigenvalue weighted by atomic mass is 35.5. The van der Waals surface area contributed by atoms with Gasteiger partial charge in [0.2, 0.25) is 5.91 Å². The lowest BCUT2D eigenvalue weighted by molar-refractivity contribution is -0.115. The number of alkyl halides is 1. The lowest BCUT2D eigenvalue weighted by atomic mass is 10.2. The number of anilines is 1. The van der Waals surface area contributed by atoms with E-state index in [9.17, 15) is 14.0 Å². The van der Waals surface area contributed by atoms with Gasteiger partial charge in [0.1, 0.15) is 5.82 Å². The van der Waals surface area contributed by atoms with E-state index in [-0.39, 0.29) is 23.6 Å². The Labute approximate surface area is 103 Å². The average Bonchev–Trinajstić information content (AvgIpc) is 2.31. The van der Waals surface area contributed by atoms with E-state index in [1.165, 1.54) is 19.2 Å². The highest BCUT2D eigenvalue weighted by Gasteiger charge is 2.11. The van der Waals surface area contributed by atoms with E-state index in [4.69, 9.17) is 11.6 Å². The summed E-state index contributed by atoms with van der Waals surface area (Å²) in [4.78, 5) is 22.4. The molecule has 0 unspecified atom stereocenters. The molecule has 1 N–H and O–H groups in total. The van der Waals surface area contributed by atoms with Crippen molar-refractivity contribution in [1.29, 1.82) is 0 Å². The second kappa shape index (κ2) is 6.20. The zero-order valence-electron chi connectivity index (χ0n) is 9.13. The van der Waals surface area contributed by atoms with E-state index >= 15 is 0 Å². The summed E-state index contributed by atoms with van der Waals surface area (Å²) in [5, 5.41) is 2.32. The molecule has 0 aliphatic rings. The minimum absolute atomic E-state index is 0.0667. The number of ether oxygens (including phenoxy) is 1. The third-order valence-corrected chi connectivity index (χ3v) is 2.17. The van der Waals surface area contributed by atoms with E-state index in [1.54, 1.807) is 0 Å². The van der Waals surface area contributed by atoms with Gasteiger partial charge in [-0.2, -0.15) is 0 Å². The van der Waals surface area contributed by atoms with Crippen molar-refractivity contribution in [3.63, 3.8) is 0 Å². The number of benzene rings is 1. The summed E-state index contributed by atoms with van der Waals surface area (Å²) in [6.07, 6.45) is 0.0729. The third kappa shape index (κ3) is 3.71. The summed E-state index contributed by atoms with van der Waals surface area (Å²) in [5.41, 5.74) is 0.0955. The van der Waals surface area contributed by atoms with Gasteiger partial charge in [-0.25, -0.2) is 9.18 Å². The first kappa shape index (κ1) is 13.4. The minimum Gasteiger partial charge on any atom is -0.465 e. The summed E-state index contributed by atoms with van der Waals surface area (Å²) in [6, 6.07) is 3.58. The molecule has 1 aromatic rings. The molecule has 1 aromatic carbocycles. The van der Waals surface area contributed by atoms with Gasteiger partial charge in [-0.05, 0) is 18.2 Å². The molecule has 0 saturated heterocycles. The van der Waals surface area contributed by atoms with Gasteiger partial charge in [0, 0.05) is 12.3 Å². The molecule has 92 valence electrons. The Bertz CT molecular complexity index is 437. The maximum absolute atomic E-state index is 13.3. The van der Waals surface area contributed by atoms with Crippen LogP contribution < -0.4 is 5.32 Å². The number of amides is 1. The summed E-state index contributed by atoms with van der Waals surface area (Å²) in [5.74, 6) is -1.50. The van der Waals surface area contributed by atoms with E-state index in [0.29, 0.717) is 0 Å². The van der Waals surface area contributed by atoms with Crippen molar-refractivity contribution in [3.05, 3.63) is 29.6 Å². The average molecular weight is 260 g/mol. The van der Waals surface area contributed by atoms with Gasteiger partial charge in [-0.1, -0.05) is 0 Å². The molecule has 1 amide bonds. The molecule has 0 aliphatic heterocycles. The van der Waals surface area contributed by atoms with Gasteiger partial charge < -0.3 is 10.1 Å². The maximum Gasteiger partial charge on any atom is 0.337 e. The zero-order valence-corrected chi connectivity index (χ0v) is 9.88. The highest BCUT2D eigenvalue weighted by Crippen LogP contribution is 2.17. The molecule has 0 bridgehead atoms. The summed E-state index contributed by atoms with van der Waals surface area (Å²) in [6.45, 7) is 0. The second-order valence-corrected chi connectivity index (χ2v) is 3.55. The monoisotopic (exact) mass is 259 g/mol. The van der Waals surface area contributed by atoms with Crippen LogP contribution in [0.5, 0.6) is 0 Å². The summed E-state index contributed by atoms with van der Waals surface area (Å²) >= 11 is 5.38. The van der Waals surface area contributed by atoms with Crippen LogP contribution in [0.3, 0.4) is 0 Å². The van der Waals surface area contributed by atoms with Gasteiger partial charge in [0.25, 0.3) is 0 Å². The molecule has 0 spiro atoms. The summed E-state index contributed by atoms with van der Waals surface area (Å²) in [7, 11) is 1.22. The van der Waals surface area contributed by atoms with Crippen LogP contribution in [0.1, 0.15) is 16.8 Å². The fourth-order valence-electron chi connectivity index (χ4n) is 1.16. The van der Waals surface area contributed by atoms with Gasteiger partial charge >= 0.3 is 5.97 Å². The van der Waals surface area contributed by atoms with Gasteiger partial charge in [0.15, 0.2) is 0 Å². The zero-order chi connectivity index (χ0) is 12.8. The summed E-state index contributed by atoms with van der Waals surface area (Å²) < 4.78 is 17.8. The molecule has 6 heteroatoms. The first-order valence-corrected chi connectivity index (χ1v) is 5.35. The van der Waals surface area contributed by atoms with E-state index < -0.39 is 17.7 Å². The molecular weight excluding hydrogens is 249 g/mol. The minimum atomic E-state index is -0.624. The van der Waals surface area contributed by atoms with Crippen LogP contribution in [0.2, 0.25) is 0 Å². The Morgan fingerprint density at radius 2 is 2.18 bits per heavy atom. The molecule has 17 heavy (non-hydrogen) atoms. The lowest BCUT2D eigenvalue weighted by Crippen LogP contribution is -2.13. The fraction of sp³-hybridized carbons (Fsp3) is 0.273. The molecule has 0 heterocycles. The molecular formula is C11H11ClFNO3. The molecule has 0 saturated carbocycles. The van der Waals surface area contributed by atoms with Gasteiger partial charge in [-0.15, -0.1) is 11.6 Å². The second-order valence-electron chi connectivity index (χ2n) is 3.17. The van der Waals surface area contributed by atoms with Crippen molar-refractivity contribution < 1.29 is 18.7 Å². The van der Waals surface area contributed by atoms with Crippen molar-refractivity contribution in [2.45, 2.75) is 6.42 Å². The topological polar surface area (TPSA) is 55.4 Å². The number of hydrogen-bond donors (Lipinski definition) is 1. The van der Waals surface area contributed by atoms with Crippen LogP contribution in [0, 0.1) is 5.82 Å². The van der Waals surface area contributed by atoms with Crippen molar-refractivity contribution in [2.24, 2.45) is 0 Å². The number of esters is 1. The Hall–Kier alpha value is -1.62. The van der Waals surface area contributed by atoms with Crippen LogP contribution in [0.15, 0.2) is 18.2 Å². The number of nitrogens with one attached hydrogen (secondary N) is 1. The van der Waals surface area contributed by atoms with Crippen LogP contribution in [0.25, 0.3) is 0 Å². The highest BCUT2D eigenvalue weighted by molar-refractivity contribution is 6.19. The molecule has 0 fully saturated rings. The fourth-order valence-corrected chi connectivity index (χ4v) is 1.34. The first-order valence-electron chi connectivity index (χ1n) is 4.82. The molecule has 0 aliphatic carbocycles. The van der Waals surface area contributed by atoms with Gasteiger partial charge in [-0.3, -0.25) is 4.79 Å². The number of hydrogen-bond acceptors (Lipinski definition) is 3. The lowest BCUT2D eigenvalue weighted by Gasteiger charge is -2.07. The molecule has 0 aromatic heterocycles. The molecule has 1 rings (SSSR count). The van der Waals surface area contributed by atoms with Crippen molar-refractivity contribution in [2.75, 3.05) is 18.3 Å². The van der Waals surface area contributed by atoms with E-state index in [0.717, 1.165) is 6.07 Å². The SMILES string of the molecule is COC(=O)c1ccc(F)c(NC(=O)CCCl)c1. The third-order valence-electron chi connectivity index (χ3n) is 1.98. The smallest absolute Gasteiger partial charge is 0.337 e. The standard InChI is InChI=1S/C11H11ClFNO3/c1-17-11(16)7-2-3-8(13)9(6-7)14-10(15)4-5-12/h2-3,6H,4-5H2,1H3,(H,14,15). The number of methoxy groups -OCH3 is 1. The van der Waals surface area contributed by atoms with Crippen LogP contribution in [-0.2, 0) is 9.53 Å². The van der Waals surface area contributed by atoms with Crippen LogP contribution in [0.4, 0.5) is 10.1 Å². The van der Waals surface area contributed by atoms with E-state index in [1.807, 2.05) is 0 Å². The Morgan fingerprint density at radius 3 is 2.76 bits per heavy atom. The first-order chi connectivity index (χ1) is 8.08.